The first-order valence-electron chi connectivity index (χ1n) is 8.10. The standard InChI is InChI=1S/C19H13N5O3/c25-12-6-4-11(5-7-12)18(26)13-9-21-19-16(13)17(14-3-1-2-8-20-14)15(10-22-27)23-24-19/h1-9,25H,10H2,(H,21,24). The Balaban J connectivity index is 1.97. The molecular formula is C19H13N5O3. The van der Waals surface area contributed by atoms with Crippen LogP contribution in [0.15, 0.2) is 60.0 Å². The number of fused-ring (bicyclic) bond motifs is 1. The Kier molecular flexibility index (Phi) is 4.13. The highest BCUT2D eigenvalue weighted by atomic mass is 16.3. The van der Waals surface area contributed by atoms with E-state index in [4.69, 9.17) is 0 Å². The minimum Gasteiger partial charge on any atom is -0.508 e. The normalized spacial score (nSPS) is 10.8. The van der Waals surface area contributed by atoms with Crippen LogP contribution < -0.4 is 0 Å². The van der Waals surface area contributed by atoms with Gasteiger partial charge in [0, 0.05) is 28.9 Å². The van der Waals surface area contributed by atoms with Crippen molar-refractivity contribution in [3.63, 3.8) is 0 Å². The van der Waals surface area contributed by atoms with Gasteiger partial charge in [0.25, 0.3) is 0 Å². The van der Waals surface area contributed by atoms with Crippen LogP contribution >= 0.6 is 0 Å². The molecule has 0 saturated heterocycles. The SMILES string of the molecule is O=NCc1nnc2[nH]cc(C(=O)c3ccc(O)cc3)c2c1-c1ccccn1. The number of hydrogen-bond donors (Lipinski definition) is 2. The lowest BCUT2D eigenvalue weighted by molar-refractivity contribution is 0.104. The predicted molar refractivity (Wildman–Crippen MR) is 98.2 cm³/mol. The topological polar surface area (TPSA) is 121 Å². The molecule has 0 atom stereocenters. The summed E-state index contributed by atoms with van der Waals surface area (Å²) in [4.78, 5) is 31.2. The molecule has 0 saturated carbocycles. The van der Waals surface area contributed by atoms with Crippen LogP contribution in [0.1, 0.15) is 21.6 Å². The first-order chi connectivity index (χ1) is 13.2. The van der Waals surface area contributed by atoms with Gasteiger partial charge < -0.3 is 10.1 Å². The Morgan fingerprint density at radius 3 is 2.63 bits per heavy atom. The number of carbonyl (C=O) groups excluding carboxylic acids is 1. The maximum atomic E-state index is 13.0. The molecule has 132 valence electrons. The van der Waals surface area contributed by atoms with E-state index in [1.807, 2.05) is 0 Å². The first kappa shape index (κ1) is 16.5. The van der Waals surface area contributed by atoms with E-state index in [0.717, 1.165) is 0 Å². The number of ketones is 1. The number of pyridine rings is 1. The van der Waals surface area contributed by atoms with Gasteiger partial charge in [-0.25, -0.2) is 0 Å². The Hall–Kier alpha value is -3.94. The van der Waals surface area contributed by atoms with Crippen molar-refractivity contribution in [3.05, 3.63) is 76.6 Å². The van der Waals surface area contributed by atoms with E-state index in [2.05, 4.69) is 25.3 Å². The van der Waals surface area contributed by atoms with E-state index in [1.165, 1.54) is 12.1 Å². The van der Waals surface area contributed by atoms with E-state index in [9.17, 15) is 14.8 Å². The summed E-state index contributed by atoms with van der Waals surface area (Å²) in [6.45, 7) is -0.188. The van der Waals surface area contributed by atoms with Crippen LogP contribution in [-0.4, -0.2) is 31.1 Å². The fourth-order valence-corrected chi connectivity index (χ4v) is 2.95. The second kappa shape index (κ2) is 6.75. The number of aromatic amines is 1. The Morgan fingerprint density at radius 2 is 1.93 bits per heavy atom. The van der Waals surface area contributed by atoms with Crippen LogP contribution in [0.3, 0.4) is 0 Å². The van der Waals surface area contributed by atoms with Crippen LogP contribution in [0.25, 0.3) is 22.3 Å². The lowest BCUT2D eigenvalue weighted by Crippen LogP contribution is -2.03. The van der Waals surface area contributed by atoms with Gasteiger partial charge in [0.2, 0.25) is 0 Å². The average molecular weight is 359 g/mol. The summed E-state index contributed by atoms with van der Waals surface area (Å²) >= 11 is 0. The largest absolute Gasteiger partial charge is 0.508 e. The lowest BCUT2D eigenvalue weighted by Gasteiger charge is -2.08. The second-order valence-corrected chi connectivity index (χ2v) is 5.83. The summed E-state index contributed by atoms with van der Waals surface area (Å²) in [6, 6.07) is 11.3. The zero-order chi connectivity index (χ0) is 18.8. The number of nitrogens with zero attached hydrogens (tertiary/aromatic N) is 4. The highest BCUT2D eigenvalue weighted by Gasteiger charge is 2.22. The summed E-state index contributed by atoms with van der Waals surface area (Å²) in [5.74, 6) is -0.179. The van der Waals surface area contributed by atoms with Gasteiger partial charge in [-0.3, -0.25) is 9.78 Å². The number of aromatic hydroxyl groups is 1. The van der Waals surface area contributed by atoms with Crippen LogP contribution in [-0.2, 0) is 6.54 Å². The van der Waals surface area contributed by atoms with Gasteiger partial charge in [0.15, 0.2) is 11.4 Å². The highest BCUT2D eigenvalue weighted by molar-refractivity contribution is 6.18. The number of rotatable bonds is 5. The van der Waals surface area contributed by atoms with Crippen molar-refractivity contribution >= 4 is 16.8 Å². The molecule has 8 nitrogen and oxygen atoms in total. The molecular weight excluding hydrogens is 346 g/mol. The van der Waals surface area contributed by atoms with E-state index >= 15 is 0 Å². The number of nitroso groups, excluding NO2 is 1. The monoisotopic (exact) mass is 359 g/mol. The highest BCUT2D eigenvalue weighted by Crippen LogP contribution is 2.32. The molecule has 4 rings (SSSR count). The predicted octanol–water partition coefficient (Wildman–Crippen LogP) is 3.22. The molecule has 1 aromatic carbocycles. The Morgan fingerprint density at radius 1 is 1.11 bits per heavy atom. The number of aromatic nitrogens is 4. The Labute approximate surface area is 152 Å². The van der Waals surface area contributed by atoms with Gasteiger partial charge in [-0.1, -0.05) is 11.2 Å². The number of carbonyl (C=O) groups is 1. The van der Waals surface area contributed by atoms with Gasteiger partial charge in [0.05, 0.1) is 17.0 Å². The quantitative estimate of drug-likeness (QED) is 0.417. The van der Waals surface area contributed by atoms with E-state index in [-0.39, 0.29) is 18.1 Å². The molecule has 0 unspecified atom stereocenters. The lowest BCUT2D eigenvalue weighted by atomic mass is 9.98. The van der Waals surface area contributed by atoms with Crippen molar-refractivity contribution in [1.82, 2.24) is 20.2 Å². The van der Waals surface area contributed by atoms with Crippen molar-refractivity contribution in [2.75, 3.05) is 0 Å². The van der Waals surface area contributed by atoms with Crippen LogP contribution in [0, 0.1) is 4.91 Å². The summed E-state index contributed by atoms with van der Waals surface area (Å²) in [7, 11) is 0. The molecule has 0 spiro atoms. The van der Waals surface area contributed by atoms with Crippen LogP contribution in [0.5, 0.6) is 5.75 Å². The maximum Gasteiger partial charge on any atom is 0.195 e. The molecule has 3 heterocycles. The third-order valence-corrected chi connectivity index (χ3v) is 4.18. The second-order valence-electron chi connectivity index (χ2n) is 5.83. The van der Waals surface area contributed by atoms with Gasteiger partial charge in [0.1, 0.15) is 12.3 Å². The summed E-state index contributed by atoms with van der Waals surface area (Å²) in [6.07, 6.45) is 3.17. The number of H-pyrrole nitrogens is 1. The molecule has 0 amide bonds. The van der Waals surface area contributed by atoms with Crippen molar-refractivity contribution in [2.45, 2.75) is 6.54 Å². The summed E-state index contributed by atoms with van der Waals surface area (Å²) in [5.41, 5.74) is 2.65. The third kappa shape index (κ3) is 2.93. The molecule has 0 aliphatic carbocycles. The molecule has 0 aliphatic heterocycles. The Bertz CT molecular complexity index is 1140. The molecule has 2 N–H and O–H groups in total. The number of phenols is 1. The summed E-state index contributed by atoms with van der Waals surface area (Å²) in [5, 5.41) is 21.0. The average Bonchev–Trinajstić information content (AvgIpc) is 3.13. The van der Waals surface area contributed by atoms with Gasteiger partial charge in [-0.05, 0) is 36.4 Å². The minimum atomic E-state index is -0.253. The molecule has 0 aliphatic rings. The molecule has 4 aromatic rings. The smallest absolute Gasteiger partial charge is 0.195 e. The zero-order valence-electron chi connectivity index (χ0n) is 14.0. The zero-order valence-corrected chi connectivity index (χ0v) is 14.0. The van der Waals surface area contributed by atoms with Gasteiger partial charge >= 0.3 is 0 Å². The molecule has 3 aromatic heterocycles. The first-order valence-corrected chi connectivity index (χ1v) is 8.10. The molecule has 0 fully saturated rings. The van der Waals surface area contributed by atoms with Crippen LogP contribution in [0.2, 0.25) is 0 Å². The van der Waals surface area contributed by atoms with Crippen molar-refractivity contribution in [1.29, 1.82) is 0 Å². The van der Waals surface area contributed by atoms with Gasteiger partial charge in [-0.2, -0.15) is 10.0 Å². The van der Waals surface area contributed by atoms with Crippen molar-refractivity contribution < 1.29 is 9.90 Å². The third-order valence-electron chi connectivity index (χ3n) is 4.18. The van der Waals surface area contributed by atoms with E-state index in [0.29, 0.717) is 39.1 Å². The molecule has 0 radical (unpaired) electrons. The fourth-order valence-electron chi connectivity index (χ4n) is 2.95. The fraction of sp³-hybridized carbons (Fsp3) is 0.0526. The van der Waals surface area contributed by atoms with Crippen LogP contribution in [0.4, 0.5) is 0 Å². The van der Waals surface area contributed by atoms with E-state index < -0.39 is 0 Å². The van der Waals surface area contributed by atoms with Gasteiger partial charge in [-0.15, -0.1) is 5.10 Å². The maximum absolute atomic E-state index is 13.0. The number of hydrogen-bond acceptors (Lipinski definition) is 7. The number of benzene rings is 1. The van der Waals surface area contributed by atoms with Crippen molar-refractivity contribution in [3.8, 4) is 17.0 Å². The molecule has 0 bridgehead atoms. The number of nitrogens with one attached hydrogen (secondary N) is 1. The minimum absolute atomic E-state index is 0.0739. The molecule has 27 heavy (non-hydrogen) atoms. The van der Waals surface area contributed by atoms with E-state index in [1.54, 1.807) is 42.7 Å². The number of phenolic OH excluding ortho intramolecular Hbond substituents is 1. The summed E-state index contributed by atoms with van der Waals surface area (Å²) < 4.78 is 0. The molecule has 8 heteroatoms. The van der Waals surface area contributed by atoms with Crippen molar-refractivity contribution in [2.24, 2.45) is 5.18 Å².